The van der Waals surface area contributed by atoms with Crippen molar-refractivity contribution in [2.24, 2.45) is 17.3 Å². The van der Waals surface area contributed by atoms with Crippen molar-refractivity contribution in [2.75, 3.05) is 0 Å². The van der Waals surface area contributed by atoms with E-state index in [1.165, 1.54) is 0 Å². The summed E-state index contributed by atoms with van der Waals surface area (Å²) >= 11 is 8.96. The van der Waals surface area contributed by atoms with E-state index in [1.807, 2.05) is 30.3 Å². The van der Waals surface area contributed by atoms with Crippen molar-refractivity contribution in [1.82, 2.24) is 0 Å². The zero-order valence-electron chi connectivity index (χ0n) is 11.2. The fraction of sp³-hybridized carbons (Fsp3) is 0.400. The topological polar surface area (TPSA) is 26.3 Å². The minimum atomic E-state index is -0.114. The zero-order chi connectivity index (χ0) is 14.9. The van der Waals surface area contributed by atoms with Gasteiger partial charge in [-0.15, -0.1) is 0 Å². The smallest absolute Gasteiger partial charge is 0.310 e. The van der Waals surface area contributed by atoms with Gasteiger partial charge in [-0.2, -0.15) is 0 Å². The molecule has 0 N–H and O–H groups in total. The summed E-state index contributed by atoms with van der Waals surface area (Å²) in [6.07, 6.45) is 2.03. The molecule has 2 unspecified atom stereocenters. The average molecular weight is 514 g/mol. The summed E-state index contributed by atoms with van der Waals surface area (Å²) in [5.74, 6) is 0.0460. The van der Waals surface area contributed by atoms with Crippen LogP contribution < -0.4 is 0 Å². The van der Waals surface area contributed by atoms with Gasteiger partial charge in [0.1, 0.15) is 6.61 Å². The zero-order valence-corrected chi connectivity index (χ0v) is 16.5. The second-order valence-electron chi connectivity index (χ2n) is 5.48. The molecule has 0 saturated heterocycles. The Morgan fingerprint density at radius 3 is 2.65 bits per heavy atom. The first-order chi connectivity index (χ1) is 9.34. The summed E-state index contributed by atoms with van der Waals surface area (Å²) in [6.45, 7) is 4.53. The molecule has 0 aromatic heterocycles. The van der Waals surface area contributed by atoms with Crippen molar-refractivity contribution in [3.63, 3.8) is 0 Å². The Bertz CT molecular complexity index is 551. The van der Waals surface area contributed by atoms with Gasteiger partial charge in [0.15, 0.2) is 0 Å². The maximum atomic E-state index is 12.2. The van der Waals surface area contributed by atoms with E-state index in [1.54, 1.807) is 0 Å². The molecule has 2 nitrogen and oxygen atoms in total. The monoisotopic (exact) mass is 512 g/mol. The highest BCUT2D eigenvalue weighted by atomic mass is 127. The Morgan fingerprint density at radius 2 is 2.05 bits per heavy atom. The normalized spacial score (nSPS) is 23.1. The molecule has 20 heavy (non-hydrogen) atoms. The minimum absolute atomic E-state index is 0.0340. The molecule has 0 bridgehead atoms. The van der Waals surface area contributed by atoms with Gasteiger partial charge < -0.3 is 4.74 Å². The van der Waals surface area contributed by atoms with Crippen LogP contribution in [0.15, 0.2) is 33.7 Å². The van der Waals surface area contributed by atoms with Crippen molar-refractivity contribution >= 4 is 60.4 Å². The van der Waals surface area contributed by atoms with Crippen LogP contribution in [0.4, 0.5) is 0 Å². The summed E-state index contributed by atoms with van der Waals surface area (Å²) in [5.41, 5.74) is 1.02. The first-order valence-electron chi connectivity index (χ1n) is 6.27. The first-order valence-corrected chi connectivity index (χ1v) is 8.93. The SMILES string of the molecule is CC1(C)C(C=C(Br)Br)C1C(=O)OCc1ccccc1I. The molecule has 0 aliphatic heterocycles. The van der Waals surface area contributed by atoms with Gasteiger partial charge in [-0.1, -0.05) is 38.1 Å². The maximum Gasteiger partial charge on any atom is 0.310 e. The van der Waals surface area contributed by atoms with E-state index in [4.69, 9.17) is 4.74 Å². The van der Waals surface area contributed by atoms with Crippen molar-refractivity contribution in [2.45, 2.75) is 20.5 Å². The molecule has 2 rings (SSSR count). The number of rotatable bonds is 4. The Morgan fingerprint density at radius 1 is 1.40 bits per heavy atom. The van der Waals surface area contributed by atoms with Gasteiger partial charge in [-0.05, 0) is 71.9 Å². The molecule has 108 valence electrons. The van der Waals surface area contributed by atoms with Crippen LogP contribution in [0, 0.1) is 20.8 Å². The highest BCUT2D eigenvalue weighted by Gasteiger charge is 2.61. The largest absolute Gasteiger partial charge is 0.461 e. The quantitative estimate of drug-likeness (QED) is 0.407. The van der Waals surface area contributed by atoms with E-state index in [9.17, 15) is 4.79 Å². The number of esters is 1. The predicted molar refractivity (Wildman–Crippen MR) is 95.7 cm³/mol. The summed E-state index contributed by atoms with van der Waals surface area (Å²) in [7, 11) is 0. The van der Waals surface area contributed by atoms with Gasteiger partial charge in [0.2, 0.25) is 0 Å². The van der Waals surface area contributed by atoms with E-state index in [2.05, 4.69) is 68.3 Å². The summed E-state index contributed by atoms with van der Waals surface area (Å²) in [4.78, 5) is 12.2. The van der Waals surface area contributed by atoms with Crippen molar-refractivity contribution in [3.8, 4) is 0 Å². The number of hydrogen-bond acceptors (Lipinski definition) is 2. The van der Waals surface area contributed by atoms with Gasteiger partial charge in [-0.3, -0.25) is 4.79 Å². The number of ether oxygens (including phenoxy) is 1. The van der Waals surface area contributed by atoms with Crippen LogP contribution in [0.5, 0.6) is 0 Å². The third kappa shape index (κ3) is 3.65. The molecular formula is C15H15Br2IO2. The predicted octanol–water partition coefficient (Wildman–Crippen LogP) is 5.24. The van der Waals surface area contributed by atoms with E-state index in [0.29, 0.717) is 6.61 Å². The molecule has 0 spiro atoms. The molecule has 1 saturated carbocycles. The Kier molecular flexibility index (Phi) is 5.34. The number of carbonyl (C=O) groups is 1. The minimum Gasteiger partial charge on any atom is -0.461 e. The van der Waals surface area contributed by atoms with Gasteiger partial charge in [0.25, 0.3) is 0 Å². The van der Waals surface area contributed by atoms with E-state index >= 15 is 0 Å². The number of allylic oxidation sites excluding steroid dienone is 1. The summed E-state index contributed by atoms with van der Waals surface area (Å²) in [6, 6.07) is 7.93. The van der Waals surface area contributed by atoms with Crippen LogP contribution in [0.3, 0.4) is 0 Å². The summed E-state index contributed by atoms with van der Waals surface area (Å²) < 4.78 is 7.48. The van der Waals surface area contributed by atoms with E-state index in [0.717, 1.165) is 12.5 Å². The molecule has 1 aromatic rings. The third-order valence-corrected chi connectivity index (χ3v) is 5.38. The summed E-state index contributed by atoms with van der Waals surface area (Å²) in [5, 5.41) is 0. The van der Waals surface area contributed by atoms with Crippen molar-refractivity contribution < 1.29 is 9.53 Å². The van der Waals surface area contributed by atoms with Crippen LogP contribution in [0.1, 0.15) is 19.4 Å². The second-order valence-corrected chi connectivity index (χ2v) is 9.42. The van der Waals surface area contributed by atoms with Gasteiger partial charge in [0, 0.05) is 9.13 Å². The second kappa shape index (κ2) is 6.48. The molecule has 1 aliphatic rings. The van der Waals surface area contributed by atoms with Crippen LogP contribution in [-0.4, -0.2) is 5.97 Å². The van der Waals surface area contributed by atoms with Crippen LogP contribution >= 0.6 is 54.5 Å². The fourth-order valence-electron chi connectivity index (χ4n) is 2.43. The Balaban J connectivity index is 1.97. The molecule has 1 fully saturated rings. The first kappa shape index (κ1) is 16.5. The van der Waals surface area contributed by atoms with Gasteiger partial charge in [0.05, 0.1) is 9.31 Å². The van der Waals surface area contributed by atoms with Gasteiger partial charge in [-0.25, -0.2) is 0 Å². The molecule has 0 amide bonds. The van der Waals surface area contributed by atoms with Gasteiger partial charge >= 0.3 is 5.97 Å². The fourth-order valence-corrected chi connectivity index (χ4v) is 3.54. The number of carbonyl (C=O) groups excluding carboxylic acids is 1. The molecule has 5 heteroatoms. The third-order valence-electron chi connectivity index (χ3n) is 3.80. The van der Waals surface area contributed by atoms with Crippen molar-refractivity contribution in [3.05, 3.63) is 42.9 Å². The highest BCUT2D eigenvalue weighted by Crippen LogP contribution is 2.60. The van der Waals surface area contributed by atoms with Crippen LogP contribution in [0.25, 0.3) is 0 Å². The lowest BCUT2D eigenvalue weighted by atomic mass is 10.1. The van der Waals surface area contributed by atoms with Crippen LogP contribution in [-0.2, 0) is 16.1 Å². The number of halogens is 3. The van der Waals surface area contributed by atoms with E-state index < -0.39 is 0 Å². The van der Waals surface area contributed by atoms with Crippen molar-refractivity contribution in [1.29, 1.82) is 0 Å². The molecule has 1 aromatic carbocycles. The highest BCUT2D eigenvalue weighted by molar-refractivity contribution is 14.1. The molecule has 2 atom stereocenters. The Labute approximate surface area is 149 Å². The average Bonchev–Trinajstić information content (AvgIpc) is 2.88. The molecule has 0 radical (unpaired) electrons. The van der Waals surface area contributed by atoms with Crippen LogP contribution in [0.2, 0.25) is 0 Å². The number of benzene rings is 1. The maximum absolute atomic E-state index is 12.2. The molecule has 0 heterocycles. The lowest BCUT2D eigenvalue weighted by Gasteiger charge is -2.07. The molecule has 1 aliphatic carbocycles. The Hall–Kier alpha value is 0.120. The molecular weight excluding hydrogens is 499 g/mol. The standard InChI is InChI=1S/C15H15Br2IO2/c1-15(2)10(7-12(16)17)13(15)14(19)20-8-9-5-3-4-6-11(9)18/h3-7,10,13H,8H2,1-2H3. The lowest BCUT2D eigenvalue weighted by molar-refractivity contribution is -0.147. The number of hydrogen-bond donors (Lipinski definition) is 0. The van der Waals surface area contributed by atoms with E-state index in [-0.39, 0.29) is 23.2 Å². The lowest BCUT2D eigenvalue weighted by Crippen LogP contribution is -2.11.